The molecule has 0 saturated carbocycles. The molecule has 1 aliphatic heterocycles. The highest BCUT2D eigenvalue weighted by molar-refractivity contribution is 5.03. The number of hydrogen-bond acceptors (Lipinski definition) is 3. The summed E-state index contributed by atoms with van der Waals surface area (Å²) < 4.78 is 7.33. The van der Waals surface area contributed by atoms with Crippen LogP contribution in [-0.4, -0.2) is 22.8 Å². The average Bonchev–Trinajstić information content (AvgIpc) is 2.74. The van der Waals surface area contributed by atoms with E-state index in [2.05, 4.69) is 11.1 Å². The molecule has 1 saturated heterocycles. The van der Waals surface area contributed by atoms with Gasteiger partial charge in [0.2, 0.25) is 0 Å². The number of hydrogen-bond donors (Lipinski definition) is 0. The molecule has 1 aliphatic rings. The van der Waals surface area contributed by atoms with E-state index in [0.29, 0.717) is 13.2 Å². The Labute approximate surface area is 95.9 Å². The molecule has 0 amide bonds. The van der Waals surface area contributed by atoms with Crippen LogP contribution < -0.4 is 0 Å². The van der Waals surface area contributed by atoms with Crippen molar-refractivity contribution in [3.8, 4) is 6.07 Å². The molecular formula is C12H17N3O. The van der Waals surface area contributed by atoms with Crippen LogP contribution in [0.5, 0.6) is 0 Å². The van der Waals surface area contributed by atoms with Crippen molar-refractivity contribution in [1.29, 1.82) is 5.26 Å². The first kappa shape index (κ1) is 11.2. The number of aryl methyl sites for hydroxylation is 2. The van der Waals surface area contributed by atoms with Crippen LogP contribution >= 0.6 is 0 Å². The first-order valence-electron chi connectivity index (χ1n) is 5.71. The lowest BCUT2D eigenvalue weighted by atomic mass is 9.78. The normalized spacial score (nSPS) is 19.2. The third-order valence-corrected chi connectivity index (χ3v) is 3.44. The molecule has 0 aliphatic carbocycles. The van der Waals surface area contributed by atoms with Gasteiger partial charge in [-0.3, -0.25) is 0 Å². The Hall–Kier alpha value is -1.34. The van der Waals surface area contributed by atoms with Gasteiger partial charge in [0.1, 0.15) is 5.82 Å². The van der Waals surface area contributed by atoms with Gasteiger partial charge in [0.25, 0.3) is 0 Å². The fraction of sp³-hybridized carbons (Fsp3) is 0.667. The quantitative estimate of drug-likeness (QED) is 0.777. The molecule has 0 radical (unpaired) electrons. The zero-order valence-corrected chi connectivity index (χ0v) is 9.65. The van der Waals surface area contributed by atoms with Crippen LogP contribution in [0, 0.1) is 16.7 Å². The van der Waals surface area contributed by atoms with Gasteiger partial charge in [0, 0.05) is 39.1 Å². The third-order valence-electron chi connectivity index (χ3n) is 3.44. The number of nitrogens with zero attached hydrogens (tertiary/aromatic N) is 3. The molecule has 2 rings (SSSR count). The van der Waals surface area contributed by atoms with Crippen molar-refractivity contribution in [3.63, 3.8) is 0 Å². The minimum atomic E-state index is -0.190. The van der Waals surface area contributed by atoms with E-state index < -0.39 is 0 Å². The molecule has 1 fully saturated rings. The Morgan fingerprint density at radius 1 is 1.56 bits per heavy atom. The minimum absolute atomic E-state index is 0.190. The Bertz CT molecular complexity index is 385. The molecule has 0 bridgehead atoms. The van der Waals surface area contributed by atoms with Crippen molar-refractivity contribution in [1.82, 2.24) is 9.55 Å². The summed E-state index contributed by atoms with van der Waals surface area (Å²) in [5.74, 6) is 1.06. The van der Waals surface area contributed by atoms with Crippen molar-refractivity contribution in [2.45, 2.75) is 25.7 Å². The van der Waals surface area contributed by atoms with E-state index in [4.69, 9.17) is 4.74 Å². The SMILES string of the molecule is Cn1ccnc1CCC1(C#N)CCOCC1. The molecule has 1 aromatic rings. The van der Waals surface area contributed by atoms with E-state index in [1.54, 1.807) is 6.20 Å². The number of imidazole rings is 1. The van der Waals surface area contributed by atoms with Crippen LogP contribution in [0.2, 0.25) is 0 Å². The molecule has 16 heavy (non-hydrogen) atoms. The van der Waals surface area contributed by atoms with E-state index in [1.165, 1.54) is 0 Å². The predicted molar refractivity (Wildman–Crippen MR) is 59.6 cm³/mol. The van der Waals surface area contributed by atoms with Gasteiger partial charge in [-0.15, -0.1) is 0 Å². The lowest BCUT2D eigenvalue weighted by Crippen LogP contribution is -2.28. The van der Waals surface area contributed by atoms with Crippen molar-refractivity contribution in [2.75, 3.05) is 13.2 Å². The maximum atomic E-state index is 9.31. The molecule has 0 unspecified atom stereocenters. The van der Waals surface area contributed by atoms with E-state index in [1.807, 2.05) is 17.8 Å². The second kappa shape index (κ2) is 4.67. The summed E-state index contributed by atoms with van der Waals surface area (Å²) >= 11 is 0. The summed E-state index contributed by atoms with van der Waals surface area (Å²) in [6.45, 7) is 1.43. The zero-order valence-electron chi connectivity index (χ0n) is 9.65. The first-order valence-corrected chi connectivity index (χ1v) is 5.71. The topological polar surface area (TPSA) is 50.8 Å². The second-order valence-electron chi connectivity index (χ2n) is 4.46. The molecule has 0 N–H and O–H groups in total. The van der Waals surface area contributed by atoms with Gasteiger partial charge in [-0.05, 0) is 19.3 Å². The maximum absolute atomic E-state index is 9.31. The molecule has 1 aromatic heterocycles. The largest absolute Gasteiger partial charge is 0.381 e. The lowest BCUT2D eigenvalue weighted by Gasteiger charge is -2.30. The van der Waals surface area contributed by atoms with E-state index in [-0.39, 0.29) is 5.41 Å². The van der Waals surface area contributed by atoms with Crippen LogP contribution in [0.3, 0.4) is 0 Å². The van der Waals surface area contributed by atoms with Crippen LogP contribution in [0.25, 0.3) is 0 Å². The van der Waals surface area contributed by atoms with Crippen LogP contribution in [0.4, 0.5) is 0 Å². The Morgan fingerprint density at radius 3 is 2.88 bits per heavy atom. The van der Waals surface area contributed by atoms with E-state index in [9.17, 15) is 5.26 Å². The average molecular weight is 219 g/mol. The Morgan fingerprint density at radius 2 is 2.31 bits per heavy atom. The van der Waals surface area contributed by atoms with Crippen molar-refractivity contribution in [3.05, 3.63) is 18.2 Å². The molecule has 4 nitrogen and oxygen atoms in total. The molecule has 2 heterocycles. The highest BCUT2D eigenvalue weighted by atomic mass is 16.5. The molecular weight excluding hydrogens is 202 g/mol. The van der Waals surface area contributed by atoms with Crippen molar-refractivity contribution >= 4 is 0 Å². The molecule has 0 spiro atoms. The van der Waals surface area contributed by atoms with Gasteiger partial charge in [-0.25, -0.2) is 4.98 Å². The maximum Gasteiger partial charge on any atom is 0.108 e. The van der Waals surface area contributed by atoms with Crippen molar-refractivity contribution < 1.29 is 4.74 Å². The summed E-state index contributed by atoms with van der Waals surface area (Å²) in [4.78, 5) is 4.29. The predicted octanol–water partition coefficient (Wildman–Crippen LogP) is 1.67. The third kappa shape index (κ3) is 2.25. The monoisotopic (exact) mass is 219 g/mol. The van der Waals surface area contributed by atoms with Gasteiger partial charge in [0.05, 0.1) is 11.5 Å². The number of ether oxygens (including phenoxy) is 1. The number of rotatable bonds is 3. The number of nitriles is 1. The zero-order chi connectivity index (χ0) is 11.4. The van der Waals surface area contributed by atoms with Crippen LogP contribution in [-0.2, 0) is 18.2 Å². The highest BCUT2D eigenvalue weighted by Gasteiger charge is 2.32. The summed E-state index contributed by atoms with van der Waals surface area (Å²) in [7, 11) is 1.99. The van der Waals surface area contributed by atoms with Crippen LogP contribution in [0.1, 0.15) is 25.1 Å². The summed E-state index contributed by atoms with van der Waals surface area (Å²) in [6, 6.07) is 2.48. The fourth-order valence-corrected chi connectivity index (χ4v) is 2.17. The first-order chi connectivity index (χ1) is 7.76. The second-order valence-corrected chi connectivity index (χ2v) is 4.46. The molecule has 0 aromatic carbocycles. The van der Waals surface area contributed by atoms with E-state index in [0.717, 1.165) is 31.5 Å². The summed E-state index contributed by atoms with van der Waals surface area (Å²) in [5, 5.41) is 9.31. The molecule has 4 heteroatoms. The highest BCUT2D eigenvalue weighted by Crippen LogP contribution is 2.34. The van der Waals surface area contributed by atoms with Gasteiger partial charge in [0.15, 0.2) is 0 Å². The van der Waals surface area contributed by atoms with Gasteiger partial charge >= 0.3 is 0 Å². The minimum Gasteiger partial charge on any atom is -0.381 e. The fourth-order valence-electron chi connectivity index (χ4n) is 2.17. The molecule has 86 valence electrons. The standard InChI is InChI=1S/C12H17N3O/c1-15-7-6-14-11(15)2-3-12(10-13)4-8-16-9-5-12/h6-7H,2-5,8-9H2,1H3. The number of aromatic nitrogens is 2. The smallest absolute Gasteiger partial charge is 0.108 e. The Kier molecular flexibility index (Phi) is 3.25. The summed E-state index contributed by atoms with van der Waals surface area (Å²) in [5.41, 5.74) is -0.190. The van der Waals surface area contributed by atoms with Crippen LogP contribution in [0.15, 0.2) is 12.4 Å². The Balaban J connectivity index is 1.98. The lowest BCUT2D eigenvalue weighted by molar-refractivity contribution is 0.0368. The van der Waals surface area contributed by atoms with E-state index >= 15 is 0 Å². The summed E-state index contributed by atoms with van der Waals surface area (Å²) in [6.07, 6.45) is 7.22. The molecule has 0 atom stereocenters. The van der Waals surface area contributed by atoms with Gasteiger partial charge in [-0.2, -0.15) is 5.26 Å². The van der Waals surface area contributed by atoms with Gasteiger partial charge < -0.3 is 9.30 Å². The van der Waals surface area contributed by atoms with Gasteiger partial charge in [-0.1, -0.05) is 0 Å². The van der Waals surface area contributed by atoms with Crippen molar-refractivity contribution in [2.24, 2.45) is 12.5 Å².